The Kier molecular flexibility index (Phi) is 10.1. The van der Waals surface area contributed by atoms with Crippen molar-refractivity contribution in [2.24, 2.45) is 5.92 Å². The Morgan fingerprint density at radius 1 is 0.955 bits per heavy atom. The number of hydrogen-bond donors (Lipinski definition) is 3. The van der Waals surface area contributed by atoms with Gasteiger partial charge < -0.3 is 25.6 Å². The predicted octanol–water partition coefficient (Wildman–Crippen LogP) is 6.46. The van der Waals surface area contributed by atoms with Crippen LogP contribution in [-0.2, 0) is 14.3 Å². The lowest BCUT2D eigenvalue weighted by Crippen LogP contribution is -2.53. The van der Waals surface area contributed by atoms with E-state index in [0.717, 1.165) is 42.5 Å². The van der Waals surface area contributed by atoms with Gasteiger partial charge in [0, 0.05) is 16.9 Å². The normalized spacial score (nSPS) is 19.4. The predicted molar refractivity (Wildman–Crippen MR) is 173 cm³/mol. The van der Waals surface area contributed by atoms with Gasteiger partial charge in [0.25, 0.3) is 0 Å². The topological polar surface area (TPSA) is 117 Å². The Labute approximate surface area is 261 Å². The maximum atomic E-state index is 14.3. The molecule has 3 N–H and O–H groups in total. The first-order valence-corrected chi connectivity index (χ1v) is 15.7. The smallest absolute Gasteiger partial charge is 0.338 e. The fourth-order valence-corrected chi connectivity index (χ4v) is 6.24. The van der Waals surface area contributed by atoms with Crippen LogP contribution in [0.2, 0.25) is 0 Å². The van der Waals surface area contributed by atoms with E-state index in [9.17, 15) is 19.2 Å². The molecule has 2 aliphatic rings. The monoisotopic (exact) mass is 604 g/mol. The lowest BCUT2D eigenvalue weighted by molar-refractivity contribution is -0.125. The molecule has 1 aliphatic carbocycles. The van der Waals surface area contributed by atoms with Gasteiger partial charge in [0.05, 0.1) is 5.56 Å². The molecule has 1 aliphatic heterocycles. The Balaban J connectivity index is 1.62. The first-order valence-electron chi connectivity index (χ1n) is 15.7. The number of anilines is 2. The van der Waals surface area contributed by atoms with Crippen molar-refractivity contribution in [3.8, 4) is 0 Å². The van der Waals surface area contributed by atoms with Gasteiger partial charge >= 0.3 is 12.0 Å². The Bertz CT molecular complexity index is 1380. The molecule has 0 bridgehead atoms. The lowest BCUT2D eigenvalue weighted by atomic mass is 9.74. The summed E-state index contributed by atoms with van der Waals surface area (Å²) in [5, 5.41) is 8.69. The molecule has 2 atom stereocenters. The third-order valence-electron chi connectivity index (χ3n) is 8.03. The van der Waals surface area contributed by atoms with E-state index < -0.39 is 29.2 Å². The van der Waals surface area contributed by atoms with Gasteiger partial charge in [-0.25, -0.2) is 9.59 Å². The second-order valence-corrected chi connectivity index (χ2v) is 14.3. The highest BCUT2D eigenvalue weighted by atomic mass is 16.6. The van der Waals surface area contributed by atoms with Crippen molar-refractivity contribution in [1.29, 1.82) is 0 Å². The zero-order chi connectivity index (χ0) is 32.2. The highest BCUT2D eigenvalue weighted by Gasteiger charge is 2.40. The summed E-state index contributed by atoms with van der Waals surface area (Å²) in [6.07, 6.45) is 6.04. The summed E-state index contributed by atoms with van der Waals surface area (Å²) >= 11 is 0. The van der Waals surface area contributed by atoms with E-state index in [2.05, 4.69) is 28.1 Å². The molecule has 2 aromatic carbocycles. The summed E-state index contributed by atoms with van der Waals surface area (Å²) < 4.78 is 5.47. The minimum absolute atomic E-state index is 0.0475. The first-order chi connectivity index (χ1) is 20.6. The van der Waals surface area contributed by atoms with Crippen LogP contribution in [0.25, 0.3) is 0 Å². The van der Waals surface area contributed by atoms with Crippen molar-refractivity contribution in [3.05, 3.63) is 59.2 Å². The van der Waals surface area contributed by atoms with Gasteiger partial charge in [0.15, 0.2) is 0 Å². The van der Waals surface area contributed by atoms with Crippen LogP contribution in [0.1, 0.15) is 107 Å². The van der Waals surface area contributed by atoms with Crippen molar-refractivity contribution in [2.45, 2.75) is 110 Å². The standard InChI is InChI=1S/C35H48N4O5/c1-22-16-17-26-27(23-12-9-8-10-13-23)20-28(31(41)39(29(26)18-22)21-30(40)38-34(2,3)4)37-33(43)36-25-15-11-14-24(19-25)32(42)44-35(5,6)7/h11,14-19,23,27-28H,8-10,12-13,20-21H2,1-7H3,(H,38,40)(H2,36,37,43). The average molecular weight is 605 g/mol. The number of benzene rings is 2. The van der Waals surface area contributed by atoms with Crippen LogP contribution in [0.5, 0.6) is 0 Å². The minimum Gasteiger partial charge on any atom is -0.456 e. The van der Waals surface area contributed by atoms with Crippen LogP contribution in [0.3, 0.4) is 0 Å². The number of carbonyl (C=O) groups is 4. The molecule has 0 aromatic heterocycles. The van der Waals surface area contributed by atoms with Gasteiger partial charge in [-0.1, -0.05) is 37.5 Å². The zero-order valence-electron chi connectivity index (χ0n) is 27.2. The first kappa shape index (κ1) is 33.0. The van der Waals surface area contributed by atoms with Gasteiger partial charge in [-0.2, -0.15) is 0 Å². The third kappa shape index (κ3) is 8.83. The van der Waals surface area contributed by atoms with E-state index in [1.807, 2.05) is 33.8 Å². The maximum absolute atomic E-state index is 14.3. The molecule has 2 unspecified atom stereocenters. The molecule has 1 heterocycles. The number of carbonyl (C=O) groups excluding carboxylic acids is 4. The molecule has 1 fully saturated rings. The molecule has 2 aromatic rings. The van der Waals surface area contributed by atoms with Crippen LogP contribution in [0.4, 0.5) is 16.2 Å². The van der Waals surface area contributed by atoms with Gasteiger partial charge in [-0.15, -0.1) is 0 Å². The summed E-state index contributed by atoms with van der Waals surface area (Å²) in [5.41, 5.74) is 2.38. The van der Waals surface area contributed by atoms with E-state index in [1.165, 1.54) is 6.42 Å². The molecular weight excluding hydrogens is 556 g/mol. The molecule has 0 spiro atoms. The maximum Gasteiger partial charge on any atom is 0.338 e. The summed E-state index contributed by atoms with van der Waals surface area (Å²) in [6.45, 7) is 12.9. The number of rotatable bonds is 6. The van der Waals surface area contributed by atoms with E-state index >= 15 is 0 Å². The Morgan fingerprint density at radius 2 is 1.66 bits per heavy atom. The number of nitrogens with one attached hydrogen (secondary N) is 3. The highest BCUT2D eigenvalue weighted by Crippen LogP contribution is 2.44. The average Bonchev–Trinajstić information content (AvgIpc) is 3.02. The summed E-state index contributed by atoms with van der Waals surface area (Å²) in [5.74, 6) is -0.660. The fraction of sp³-hybridized carbons (Fsp3) is 0.543. The van der Waals surface area contributed by atoms with Gasteiger partial charge in [-0.3, -0.25) is 9.59 Å². The third-order valence-corrected chi connectivity index (χ3v) is 8.03. The number of ether oxygens (including phenoxy) is 1. The van der Waals surface area contributed by atoms with Crippen LogP contribution in [0, 0.1) is 12.8 Å². The van der Waals surface area contributed by atoms with Gasteiger partial charge in [-0.05, 0) is 115 Å². The van der Waals surface area contributed by atoms with Crippen molar-refractivity contribution in [2.75, 3.05) is 16.8 Å². The van der Waals surface area contributed by atoms with Crippen LogP contribution < -0.4 is 20.9 Å². The number of esters is 1. The number of nitrogens with zero attached hydrogens (tertiary/aromatic N) is 1. The van der Waals surface area contributed by atoms with Crippen molar-refractivity contribution < 1.29 is 23.9 Å². The molecule has 9 heteroatoms. The molecule has 4 rings (SSSR count). The number of amides is 4. The lowest BCUT2D eigenvalue weighted by Gasteiger charge is -2.32. The van der Waals surface area contributed by atoms with E-state index in [4.69, 9.17) is 4.74 Å². The minimum atomic E-state index is -0.855. The Hall–Kier alpha value is -3.88. The molecule has 1 saturated carbocycles. The van der Waals surface area contributed by atoms with E-state index in [1.54, 1.807) is 49.9 Å². The molecule has 0 saturated heterocycles. The van der Waals surface area contributed by atoms with E-state index in [0.29, 0.717) is 23.6 Å². The van der Waals surface area contributed by atoms with Crippen molar-refractivity contribution in [1.82, 2.24) is 10.6 Å². The summed E-state index contributed by atoms with van der Waals surface area (Å²) in [6, 6.07) is 11.2. The van der Waals surface area contributed by atoms with Gasteiger partial charge in [0.1, 0.15) is 18.2 Å². The second-order valence-electron chi connectivity index (χ2n) is 14.3. The fourth-order valence-electron chi connectivity index (χ4n) is 6.24. The largest absolute Gasteiger partial charge is 0.456 e. The zero-order valence-corrected chi connectivity index (χ0v) is 27.2. The molecule has 0 radical (unpaired) electrons. The van der Waals surface area contributed by atoms with Crippen LogP contribution in [0.15, 0.2) is 42.5 Å². The van der Waals surface area contributed by atoms with Crippen LogP contribution >= 0.6 is 0 Å². The molecule has 238 valence electrons. The highest BCUT2D eigenvalue weighted by molar-refractivity contribution is 6.05. The van der Waals surface area contributed by atoms with Crippen molar-refractivity contribution >= 4 is 35.2 Å². The van der Waals surface area contributed by atoms with E-state index in [-0.39, 0.29) is 24.3 Å². The van der Waals surface area contributed by atoms with Crippen molar-refractivity contribution in [3.63, 3.8) is 0 Å². The Morgan fingerprint density at radius 3 is 2.32 bits per heavy atom. The summed E-state index contributed by atoms with van der Waals surface area (Å²) in [7, 11) is 0. The molecule has 44 heavy (non-hydrogen) atoms. The second kappa shape index (κ2) is 13.4. The van der Waals surface area contributed by atoms with Gasteiger partial charge in [0.2, 0.25) is 11.8 Å². The van der Waals surface area contributed by atoms with Crippen LogP contribution in [-0.4, -0.2) is 47.5 Å². The number of urea groups is 1. The number of fused-ring (bicyclic) bond motifs is 1. The summed E-state index contributed by atoms with van der Waals surface area (Å²) in [4.78, 5) is 54.9. The quantitative estimate of drug-likeness (QED) is 0.328. The molecule has 9 nitrogen and oxygen atoms in total. The number of aryl methyl sites for hydroxylation is 1. The SMILES string of the molecule is Cc1ccc2c(c1)N(CC(=O)NC(C)(C)C)C(=O)C(NC(=O)Nc1cccc(C(=O)OC(C)(C)C)c1)CC2C1CCCCC1. The molecule has 4 amide bonds. The molecular formula is C35H48N4O5. The number of hydrogen-bond acceptors (Lipinski definition) is 5.